The zero-order chi connectivity index (χ0) is 19.4. The Morgan fingerprint density at radius 1 is 1.22 bits per heavy atom. The van der Waals surface area contributed by atoms with Gasteiger partial charge in [-0.15, -0.1) is 0 Å². The van der Waals surface area contributed by atoms with Gasteiger partial charge in [0.2, 0.25) is 0 Å². The van der Waals surface area contributed by atoms with Crippen LogP contribution >= 0.6 is 15.9 Å². The number of rotatable bonds is 5. The molecule has 0 spiro atoms. The van der Waals surface area contributed by atoms with Gasteiger partial charge in [-0.1, -0.05) is 34.1 Å². The number of carbonyl (C=O) groups excluding carboxylic acids is 2. The van der Waals surface area contributed by atoms with E-state index in [0.29, 0.717) is 11.2 Å². The quantitative estimate of drug-likeness (QED) is 0.629. The molecule has 0 aliphatic heterocycles. The van der Waals surface area contributed by atoms with Gasteiger partial charge in [0.15, 0.2) is 0 Å². The Balaban J connectivity index is 1.92. The number of nitrogens with one attached hydrogen (secondary N) is 1. The van der Waals surface area contributed by atoms with Crippen LogP contribution in [0.4, 0.5) is 0 Å². The molecule has 27 heavy (non-hydrogen) atoms. The summed E-state index contributed by atoms with van der Waals surface area (Å²) in [4.78, 5) is 41.2. The van der Waals surface area contributed by atoms with Crippen molar-refractivity contribution in [3.8, 4) is 0 Å². The van der Waals surface area contributed by atoms with Gasteiger partial charge >= 0.3 is 5.97 Å². The molecule has 0 bridgehead atoms. The molecule has 0 aliphatic carbocycles. The second kappa shape index (κ2) is 8.13. The predicted octanol–water partition coefficient (Wildman–Crippen LogP) is 2.49. The van der Waals surface area contributed by atoms with Gasteiger partial charge in [-0.05, 0) is 29.8 Å². The number of benzene rings is 1. The zero-order valence-corrected chi connectivity index (χ0v) is 16.0. The third-order valence-corrected chi connectivity index (χ3v) is 4.56. The summed E-state index contributed by atoms with van der Waals surface area (Å²) in [7, 11) is 1.28. The van der Waals surface area contributed by atoms with Gasteiger partial charge in [0, 0.05) is 16.9 Å². The molecular weight excluding hydrogens is 414 g/mol. The SMILES string of the molecule is COC(=O)CC(NC(=O)c1cnc2ccccn2c1=O)c1ccc(Br)cc1. The molecular formula is C19H16BrN3O4. The average Bonchev–Trinajstić information content (AvgIpc) is 2.68. The number of esters is 1. The Hall–Kier alpha value is -3.00. The number of halogens is 1. The van der Waals surface area contributed by atoms with Crippen LogP contribution in [-0.4, -0.2) is 28.4 Å². The number of pyridine rings is 1. The number of ether oxygens (including phenoxy) is 1. The van der Waals surface area contributed by atoms with Crippen molar-refractivity contribution in [2.75, 3.05) is 7.11 Å². The highest BCUT2D eigenvalue weighted by Crippen LogP contribution is 2.20. The Labute approximate surface area is 163 Å². The Morgan fingerprint density at radius 2 is 1.96 bits per heavy atom. The lowest BCUT2D eigenvalue weighted by Crippen LogP contribution is -2.35. The van der Waals surface area contributed by atoms with Crippen LogP contribution in [0.25, 0.3) is 5.65 Å². The maximum Gasteiger partial charge on any atom is 0.307 e. The molecule has 0 saturated heterocycles. The summed E-state index contributed by atoms with van der Waals surface area (Å²) in [6.07, 6.45) is 2.72. The largest absolute Gasteiger partial charge is 0.469 e. The van der Waals surface area contributed by atoms with E-state index in [2.05, 4.69) is 26.2 Å². The molecule has 1 unspecified atom stereocenters. The van der Waals surface area contributed by atoms with Crippen molar-refractivity contribution in [3.05, 3.63) is 80.8 Å². The van der Waals surface area contributed by atoms with E-state index in [-0.39, 0.29) is 12.0 Å². The average molecular weight is 430 g/mol. The number of amides is 1. The maximum atomic E-state index is 12.7. The topological polar surface area (TPSA) is 89.8 Å². The van der Waals surface area contributed by atoms with E-state index in [1.807, 2.05) is 0 Å². The number of methoxy groups -OCH3 is 1. The first kappa shape index (κ1) is 18.8. The molecule has 0 fully saturated rings. The first-order valence-corrected chi connectivity index (χ1v) is 8.88. The lowest BCUT2D eigenvalue weighted by atomic mass is 10.0. The molecule has 2 heterocycles. The van der Waals surface area contributed by atoms with Crippen molar-refractivity contribution in [2.45, 2.75) is 12.5 Å². The number of fused-ring (bicyclic) bond motifs is 1. The number of nitrogens with zero attached hydrogens (tertiary/aromatic N) is 2. The summed E-state index contributed by atoms with van der Waals surface area (Å²) >= 11 is 3.35. The van der Waals surface area contributed by atoms with Gasteiger partial charge < -0.3 is 10.1 Å². The number of carbonyl (C=O) groups is 2. The van der Waals surface area contributed by atoms with Crippen LogP contribution in [0.2, 0.25) is 0 Å². The molecule has 2 aromatic heterocycles. The van der Waals surface area contributed by atoms with Gasteiger partial charge in [-0.3, -0.25) is 18.8 Å². The van der Waals surface area contributed by atoms with Crippen LogP contribution in [0.15, 0.2) is 64.1 Å². The van der Waals surface area contributed by atoms with Crippen LogP contribution in [0.3, 0.4) is 0 Å². The second-order valence-electron chi connectivity index (χ2n) is 5.76. The van der Waals surface area contributed by atoms with Gasteiger partial charge in [0.25, 0.3) is 11.5 Å². The highest BCUT2D eigenvalue weighted by atomic mass is 79.9. The summed E-state index contributed by atoms with van der Waals surface area (Å²) in [6.45, 7) is 0. The molecule has 3 aromatic rings. The van der Waals surface area contributed by atoms with Crippen molar-refractivity contribution in [3.63, 3.8) is 0 Å². The highest BCUT2D eigenvalue weighted by molar-refractivity contribution is 9.10. The first-order chi connectivity index (χ1) is 13.0. The van der Waals surface area contributed by atoms with Gasteiger partial charge in [-0.2, -0.15) is 0 Å². The molecule has 1 amide bonds. The van der Waals surface area contributed by atoms with Crippen molar-refractivity contribution >= 4 is 33.5 Å². The van der Waals surface area contributed by atoms with Gasteiger partial charge in [0.1, 0.15) is 11.2 Å². The first-order valence-electron chi connectivity index (χ1n) is 8.09. The van der Waals surface area contributed by atoms with Crippen LogP contribution < -0.4 is 10.9 Å². The molecule has 138 valence electrons. The molecule has 1 aromatic carbocycles. The van der Waals surface area contributed by atoms with E-state index >= 15 is 0 Å². The van der Waals surface area contributed by atoms with E-state index < -0.39 is 23.5 Å². The van der Waals surface area contributed by atoms with Crippen molar-refractivity contribution < 1.29 is 14.3 Å². The lowest BCUT2D eigenvalue weighted by molar-refractivity contribution is -0.141. The predicted molar refractivity (Wildman–Crippen MR) is 102 cm³/mol. The molecule has 1 atom stereocenters. The van der Waals surface area contributed by atoms with Crippen LogP contribution in [-0.2, 0) is 9.53 Å². The van der Waals surface area contributed by atoms with Crippen molar-refractivity contribution in [1.82, 2.24) is 14.7 Å². The second-order valence-corrected chi connectivity index (χ2v) is 6.68. The molecule has 0 saturated carbocycles. The molecule has 1 N–H and O–H groups in total. The van der Waals surface area contributed by atoms with Crippen LogP contribution in [0.1, 0.15) is 28.4 Å². The normalized spacial score (nSPS) is 11.8. The minimum atomic E-state index is -0.645. The highest BCUT2D eigenvalue weighted by Gasteiger charge is 2.22. The van der Waals surface area contributed by atoms with Crippen molar-refractivity contribution in [2.24, 2.45) is 0 Å². The standard InChI is InChI=1S/C19H16BrN3O4/c1-27-17(24)10-15(12-5-7-13(20)8-6-12)22-18(25)14-11-21-16-4-2-3-9-23(16)19(14)26/h2-9,11,15H,10H2,1H3,(H,22,25). The Kier molecular flexibility index (Phi) is 5.66. The molecule has 7 nitrogen and oxygen atoms in total. The van der Waals surface area contributed by atoms with E-state index in [0.717, 1.165) is 4.47 Å². The zero-order valence-electron chi connectivity index (χ0n) is 14.4. The molecule has 8 heteroatoms. The van der Waals surface area contributed by atoms with Crippen molar-refractivity contribution in [1.29, 1.82) is 0 Å². The van der Waals surface area contributed by atoms with Crippen LogP contribution in [0, 0.1) is 0 Å². The summed E-state index contributed by atoms with van der Waals surface area (Å²) < 4.78 is 6.88. The van der Waals surface area contributed by atoms with E-state index in [4.69, 9.17) is 4.74 Å². The third kappa shape index (κ3) is 4.22. The minimum Gasteiger partial charge on any atom is -0.469 e. The monoisotopic (exact) mass is 429 g/mol. The Bertz CT molecular complexity index is 1050. The minimum absolute atomic E-state index is 0.0633. The fourth-order valence-electron chi connectivity index (χ4n) is 2.62. The summed E-state index contributed by atoms with van der Waals surface area (Å²) in [5, 5.41) is 2.73. The Morgan fingerprint density at radius 3 is 2.67 bits per heavy atom. The summed E-state index contributed by atoms with van der Waals surface area (Å²) in [5.41, 5.74) is 0.570. The smallest absolute Gasteiger partial charge is 0.307 e. The van der Waals surface area contributed by atoms with Crippen LogP contribution in [0.5, 0.6) is 0 Å². The number of hydrogen-bond donors (Lipinski definition) is 1. The van der Waals surface area contributed by atoms with E-state index in [9.17, 15) is 14.4 Å². The molecule has 0 radical (unpaired) electrons. The maximum absolute atomic E-state index is 12.7. The number of aromatic nitrogens is 2. The fourth-order valence-corrected chi connectivity index (χ4v) is 2.88. The molecule has 3 rings (SSSR count). The third-order valence-electron chi connectivity index (χ3n) is 4.03. The summed E-state index contributed by atoms with van der Waals surface area (Å²) in [6, 6.07) is 11.6. The number of hydrogen-bond acceptors (Lipinski definition) is 5. The summed E-state index contributed by atoms with van der Waals surface area (Å²) in [5.74, 6) is -1.08. The van der Waals surface area contributed by atoms with Gasteiger partial charge in [0.05, 0.1) is 19.6 Å². The van der Waals surface area contributed by atoms with E-state index in [1.54, 1.807) is 48.7 Å². The lowest BCUT2D eigenvalue weighted by Gasteiger charge is -2.18. The van der Waals surface area contributed by atoms with E-state index in [1.165, 1.54) is 17.7 Å². The fraction of sp³-hybridized carbons (Fsp3) is 0.158. The molecule has 0 aliphatic rings. The van der Waals surface area contributed by atoms with Gasteiger partial charge in [-0.25, -0.2) is 4.98 Å².